The van der Waals surface area contributed by atoms with Crippen molar-refractivity contribution in [1.82, 2.24) is 4.90 Å². The fourth-order valence-electron chi connectivity index (χ4n) is 4.53. The second kappa shape index (κ2) is 7.78. The van der Waals surface area contributed by atoms with Crippen LogP contribution in [0.4, 0.5) is 9.59 Å². The van der Waals surface area contributed by atoms with Crippen molar-refractivity contribution in [2.45, 2.75) is 37.0 Å². The molecule has 0 saturated carbocycles. The SMILES string of the molecule is C=COC(=O)O[C@H]1C=C[C@@]23CCN(C(=O)OC=C)Cc4ccc(OC)c(c42)O[C@H]3C1. The van der Waals surface area contributed by atoms with E-state index in [1.54, 1.807) is 12.0 Å². The molecule has 1 aliphatic carbocycles. The zero-order chi connectivity index (χ0) is 21.3. The predicted molar refractivity (Wildman–Crippen MR) is 106 cm³/mol. The van der Waals surface area contributed by atoms with Crippen molar-refractivity contribution in [3.63, 3.8) is 0 Å². The van der Waals surface area contributed by atoms with E-state index in [0.29, 0.717) is 37.4 Å². The minimum absolute atomic E-state index is 0.288. The zero-order valence-electron chi connectivity index (χ0n) is 16.7. The third-order valence-corrected chi connectivity index (χ3v) is 5.81. The van der Waals surface area contributed by atoms with E-state index in [4.69, 9.17) is 18.9 Å². The van der Waals surface area contributed by atoms with Gasteiger partial charge >= 0.3 is 12.2 Å². The van der Waals surface area contributed by atoms with Crippen LogP contribution in [0.1, 0.15) is 24.0 Å². The molecule has 0 N–H and O–H groups in total. The molecule has 3 aliphatic rings. The van der Waals surface area contributed by atoms with Gasteiger partial charge in [0.05, 0.1) is 25.0 Å². The van der Waals surface area contributed by atoms with E-state index in [2.05, 4.69) is 17.9 Å². The first-order valence-corrected chi connectivity index (χ1v) is 9.63. The molecule has 1 amide bonds. The third kappa shape index (κ3) is 3.18. The van der Waals surface area contributed by atoms with Gasteiger partial charge in [-0.3, -0.25) is 0 Å². The summed E-state index contributed by atoms with van der Waals surface area (Å²) in [6.07, 6.45) is 5.04. The Kier molecular flexibility index (Phi) is 5.15. The van der Waals surface area contributed by atoms with Crippen molar-refractivity contribution in [2.24, 2.45) is 0 Å². The summed E-state index contributed by atoms with van der Waals surface area (Å²) >= 11 is 0. The highest BCUT2D eigenvalue weighted by Crippen LogP contribution is 2.56. The average molecular weight is 413 g/mol. The number of amides is 1. The number of rotatable bonds is 4. The highest BCUT2D eigenvalue weighted by atomic mass is 16.7. The van der Waals surface area contributed by atoms with E-state index in [1.807, 2.05) is 24.3 Å². The van der Waals surface area contributed by atoms with E-state index in [-0.39, 0.29) is 6.10 Å². The number of hydrogen-bond donors (Lipinski definition) is 0. The Bertz CT molecular complexity index is 924. The lowest BCUT2D eigenvalue weighted by Crippen LogP contribution is -2.44. The van der Waals surface area contributed by atoms with Crippen LogP contribution < -0.4 is 9.47 Å². The van der Waals surface area contributed by atoms with Crippen LogP contribution in [0.25, 0.3) is 0 Å². The van der Waals surface area contributed by atoms with Gasteiger partial charge < -0.3 is 28.6 Å². The van der Waals surface area contributed by atoms with Crippen molar-refractivity contribution in [3.8, 4) is 11.5 Å². The molecular weight excluding hydrogens is 390 g/mol. The van der Waals surface area contributed by atoms with Crippen LogP contribution in [-0.2, 0) is 26.2 Å². The summed E-state index contributed by atoms with van der Waals surface area (Å²) in [5.41, 5.74) is 1.50. The molecule has 1 aromatic rings. The number of ether oxygens (including phenoxy) is 5. The molecule has 8 heteroatoms. The Labute approximate surface area is 174 Å². The van der Waals surface area contributed by atoms with Crippen LogP contribution in [0.5, 0.6) is 11.5 Å². The molecule has 8 nitrogen and oxygen atoms in total. The number of nitrogens with zero attached hydrogens (tertiary/aromatic N) is 1. The molecule has 30 heavy (non-hydrogen) atoms. The van der Waals surface area contributed by atoms with Gasteiger partial charge in [-0.15, -0.1) is 0 Å². The van der Waals surface area contributed by atoms with Crippen LogP contribution >= 0.6 is 0 Å². The van der Waals surface area contributed by atoms with E-state index in [1.165, 1.54) is 0 Å². The lowest BCUT2D eigenvalue weighted by Gasteiger charge is -2.36. The standard InChI is InChI=1S/C22H23NO7/c1-4-27-20(24)23-11-10-22-9-8-15(29-21(25)28-5-2)12-17(22)30-19-16(26-3)7-6-14(13-23)18(19)22/h4-9,15,17H,1-2,10-13H2,3H3/t15-,17-,22-/m0/s1. The summed E-state index contributed by atoms with van der Waals surface area (Å²) in [7, 11) is 1.59. The molecule has 1 spiro atoms. The van der Waals surface area contributed by atoms with E-state index >= 15 is 0 Å². The fourth-order valence-corrected chi connectivity index (χ4v) is 4.53. The molecule has 2 heterocycles. The summed E-state index contributed by atoms with van der Waals surface area (Å²) in [6.45, 7) is 7.67. The second-order valence-corrected chi connectivity index (χ2v) is 7.29. The Hall–Kier alpha value is -3.42. The maximum absolute atomic E-state index is 12.4. The van der Waals surface area contributed by atoms with Gasteiger partial charge in [-0.05, 0) is 24.1 Å². The molecular formula is C22H23NO7. The Morgan fingerprint density at radius 2 is 2.07 bits per heavy atom. The second-order valence-electron chi connectivity index (χ2n) is 7.29. The van der Waals surface area contributed by atoms with Crippen molar-refractivity contribution >= 4 is 12.2 Å². The van der Waals surface area contributed by atoms with Gasteiger partial charge in [-0.25, -0.2) is 9.59 Å². The fraction of sp³-hybridized carbons (Fsp3) is 0.364. The quantitative estimate of drug-likeness (QED) is 0.422. The maximum atomic E-state index is 12.4. The van der Waals surface area contributed by atoms with Crippen molar-refractivity contribution in [1.29, 1.82) is 0 Å². The van der Waals surface area contributed by atoms with Crippen LogP contribution in [0.15, 0.2) is 50.0 Å². The van der Waals surface area contributed by atoms with Gasteiger partial charge in [-0.2, -0.15) is 0 Å². The van der Waals surface area contributed by atoms with E-state index in [0.717, 1.165) is 23.7 Å². The van der Waals surface area contributed by atoms with Crippen LogP contribution in [0, 0.1) is 0 Å². The monoisotopic (exact) mass is 413 g/mol. The molecule has 0 radical (unpaired) electrons. The van der Waals surface area contributed by atoms with Crippen molar-refractivity contribution in [2.75, 3.05) is 13.7 Å². The summed E-state index contributed by atoms with van der Waals surface area (Å²) in [5, 5.41) is 0. The summed E-state index contributed by atoms with van der Waals surface area (Å²) in [5.74, 6) is 1.29. The Balaban J connectivity index is 1.71. The van der Waals surface area contributed by atoms with Crippen molar-refractivity contribution in [3.05, 3.63) is 61.1 Å². The summed E-state index contributed by atoms with van der Waals surface area (Å²) in [6, 6.07) is 3.78. The number of carbonyl (C=O) groups excluding carboxylic acids is 2. The molecule has 0 aromatic heterocycles. The number of benzene rings is 1. The maximum Gasteiger partial charge on any atom is 0.513 e. The summed E-state index contributed by atoms with van der Waals surface area (Å²) in [4.78, 5) is 25.7. The zero-order valence-corrected chi connectivity index (χ0v) is 16.7. The molecule has 0 unspecified atom stereocenters. The molecule has 0 bridgehead atoms. The van der Waals surface area contributed by atoms with E-state index in [9.17, 15) is 9.59 Å². The molecule has 158 valence electrons. The molecule has 1 aromatic carbocycles. The number of methoxy groups -OCH3 is 1. The van der Waals surface area contributed by atoms with Gasteiger partial charge in [0.15, 0.2) is 11.5 Å². The minimum Gasteiger partial charge on any atom is -0.493 e. The average Bonchev–Trinajstić information content (AvgIpc) is 2.96. The first-order valence-electron chi connectivity index (χ1n) is 9.63. The van der Waals surface area contributed by atoms with Gasteiger partial charge in [0, 0.05) is 25.1 Å². The molecule has 0 fully saturated rings. The first-order chi connectivity index (χ1) is 14.5. The molecule has 4 rings (SSSR count). The molecule has 3 atom stereocenters. The third-order valence-electron chi connectivity index (χ3n) is 5.81. The lowest BCUT2D eigenvalue weighted by molar-refractivity contribution is 0.0301. The Morgan fingerprint density at radius 1 is 1.27 bits per heavy atom. The van der Waals surface area contributed by atoms with Gasteiger partial charge in [-0.1, -0.05) is 25.3 Å². The predicted octanol–water partition coefficient (Wildman–Crippen LogP) is 3.81. The normalized spacial score (nSPS) is 25.7. The van der Waals surface area contributed by atoms with Crippen molar-refractivity contribution < 1.29 is 33.3 Å². The highest BCUT2D eigenvalue weighted by molar-refractivity contribution is 5.70. The van der Waals surface area contributed by atoms with Gasteiger partial charge in [0.1, 0.15) is 12.2 Å². The highest BCUT2D eigenvalue weighted by Gasteiger charge is 2.53. The van der Waals surface area contributed by atoms with Crippen LogP contribution in [-0.4, -0.2) is 43.0 Å². The van der Waals surface area contributed by atoms with E-state index < -0.39 is 23.8 Å². The topological polar surface area (TPSA) is 83.5 Å². The number of hydrogen-bond acceptors (Lipinski definition) is 7. The van der Waals surface area contributed by atoms with Crippen LogP contribution in [0.2, 0.25) is 0 Å². The Morgan fingerprint density at radius 3 is 2.80 bits per heavy atom. The lowest BCUT2D eigenvalue weighted by atomic mass is 9.69. The molecule has 0 saturated heterocycles. The van der Waals surface area contributed by atoms with Gasteiger partial charge in [0.25, 0.3) is 0 Å². The first kappa shape index (κ1) is 19.9. The smallest absolute Gasteiger partial charge is 0.493 e. The van der Waals surface area contributed by atoms with Crippen LogP contribution in [0.3, 0.4) is 0 Å². The largest absolute Gasteiger partial charge is 0.513 e. The molecule has 2 aliphatic heterocycles. The van der Waals surface area contributed by atoms with Gasteiger partial charge in [0.2, 0.25) is 0 Å². The summed E-state index contributed by atoms with van der Waals surface area (Å²) < 4.78 is 26.9. The minimum atomic E-state index is -0.816. The number of carbonyl (C=O) groups is 2.